The molecule has 0 N–H and O–H groups in total. The molecule has 0 aliphatic carbocycles. The maximum Gasteiger partial charge on any atom is 0.339 e. The Bertz CT molecular complexity index is 625. The molecule has 7 nitrogen and oxygen atoms in total. The molecule has 1 atom stereocenters. The van der Waals surface area contributed by atoms with E-state index in [1.54, 1.807) is 0 Å². The molecule has 0 spiro atoms. The first-order chi connectivity index (χ1) is 11.2. The lowest BCUT2D eigenvalue weighted by molar-refractivity contribution is -0.384. The number of ether oxygens (including phenoxy) is 1. The minimum absolute atomic E-state index is 0.0929. The van der Waals surface area contributed by atoms with E-state index < -0.39 is 10.9 Å². The minimum Gasteiger partial charge on any atom is -0.465 e. The highest BCUT2D eigenvalue weighted by Gasteiger charge is 2.30. The summed E-state index contributed by atoms with van der Waals surface area (Å²) in [4.78, 5) is 28.7. The monoisotopic (exact) mass is 335 g/mol. The van der Waals surface area contributed by atoms with Gasteiger partial charge in [-0.05, 0) is 30.6 Å². The van der Waals surface area contributed by atoms with Gasteiger partial charge in [0.15, 0.2) is 0 Å². The van der Waals surface area contributed by atoms with E-state index in [1.165, 1.54) is 19.4 Å². The molecule has 0 aromatic carbocycles. The molecule has 1 fully saturated rings. The lowest BCUT2D eigenvalue weighted by Crippen LogP contribution is -2.27. The van der Waals surface area contributed by atoms with Gasteiger partial charge in [0.1, 0.15) is 0 Å². The van der Waals surface area contributed by atoms with Gasteiger partial charge in [0.2, 0.25) is 5.82 Å². The average molecular weight is 335 g/mol. The molecular weight excluding hydrogens is 310 g/mol. The topological polar surface area (TPSA) is 85.6 Å². The number of pyridine rings is 1. The van der Waals surface area contributed by atoms with Crippen LogP contribution in [-0.2, 0) is 4.74 Å². The van der Waals surface area contributed by atoms with Gasteiger partial charge in [0.25, 0.3) is 0 Å². The number of aromatic nitrogens is 1. The second kappa shape index (κ2) is 7.15. The molecule has 0 saturated carbocycles. The van der Waals surface area contributed by atoms with Crippen LogP contribution in [0.25, 0.3) is 0 Å². The van der Waals surface area contributed by atoms with Crippen molar-refractivity contribution in [3.63, 3.8) is 0 Å². The fourth-order valence-corrected chi connectivity index (χ4v) is 3.23. The minimum atomic E-state index is -0.624. The van der Waals surface area contributed by atoms with Gasteiger partial charge in [-0.15, -0.1) is 0 Å². The number of carbonyl (C=O) groups excluding carboxylic acids is 1. The fourth-order valence-electron chi connectivity index (χ4n) is 3.23. The van der Waals surface area contributed by atoms with Crippen molar-refractivity contribution >= 4 is 17.5 Å². The Morgan fingerprint density at radius 2 is 2.08 bits per heavy atom. The highest BCUT2D eigenvalue weighted by molar-refractivity contribution is 5.90. The van der Waals surface area contributed by atoms with E-state index in [0.29, 0.717) is 11.7 Å². The summed E-state index contributed by atoms with van der Waals surface area (Å²) in [5.74, 6) is 0.291. The van der Waals surface area contributed by atoms with E-state index in [2.05, 4.69) is 30.5 Å². The van der Waals surface area contributed by atoms with Crippen LogP contribution in [0.2, 0.25) is 0 Å². The molecule has 0 amide bonds. The zero-order chi connectivity index (χ0) is 17.9. The quantitative estimate of drug-likeness (QED) is 0.478. The number of hydrogen-bond donors (Lipinski definition) is 0. The van der Waals surface area contributed by atoms with Gasteiger partial charge in [-0.1, -0.05) is 20.8 Å². The zero-order valence-electron chi connectivity index (χ0n) is 14.7. The lowest BCUT2D eigenvalue weighted by atomic mass is 9.77. The summed E-state index contributed by atoms with van der Waals surface area (Å²) in [5.41, 5.74) is 0.173. The first kappa shape index (κ1) is 18.2. The summed E-state index contributed by atoms with van der Waals surface area (Å²) in [7, 11) is 1.24. The van der Waals surface area contributed by atoms with Crippen LogP contribution in [-0.4, -0.2) is 36.1 Å². The first-order valence-corrected chi connectivity index (χ1v) is 8.21. The number of nitro groups is 1. The third-order valence-electron chi connectivity index (χ3n) is 4.72. The first-order valence-electron chi connectivity index (χ1n) is 8.21. The number of anilines is 1. The van der Waals surface area contributed by atoms with Gasteiger partial charge in [-0.2, -0.15) is 0 Å². The number of carbonyl (C=O) groups is 1. The molecule has 7 heteroatoms. The Labute approximate surface area is 142 Å². The molecular formula is C17H25N3O4. The van der Waals surface area contributed by atoms with Crippen molar-refractivity contribution in [1.29, 1.82) is 0 Å². The molecule has 1 saturated heterocycles. The smallest absolute Gasteiger partial charge is 0.339 e. The van der Waals surface area contributed by atoms with E-state index in [4.69, 9.17) is 0 Å². The van der Waals surface area contributed by atoms with Crippen LogP contribution >= 0.6 is 0 Å². The van der Waals surface area contributed by atoms with Crippen LogP contribution in [0.4, 0.5) is 11.5 Å². The molecule has 1 unspecified atom stereocenters. The molecule has 1 aromatic rings. The SMILES string of the molecule is COC(=O)c1cnc(N2CCCC(C(C)(C)C)CC2)c([N+](=O)[O-])c1. The lowest BCUT2D eigenvalue weighted by Gasteiger charge is -2.29. The van der Waals surface area contributed by atoms with Crippen LogP contribution in [0.1, 0.15) is 50.4 Å². The number of methoxy groups -OCH3 is 1. The molecule has 1 aromatic heterocycles. The maximum absolute atomic E-state index is 11.6. The van der Waals surface area contributed by atoms with Gasteiger partial charge < -0.3 is 9.64 Å². The van der Waals surface area contributed by atoms with Crippen molar-refractivity contribution in [2.24, 2.45) is 11.3 Å². The summed E-state index contributed by atoms with van der Waals surface area (Å²) < 4.78 is 4.61. The average Bonchev–Trinajstić information content (AvgIpc) is 2.79. The third-order valence-corrected chi connectivity index (χ3v) is 4.72. The number of nitrogens with zero attached hydrogens (tertiary/aromatic N) is 3. The van der Waals surface area contributed by atoms with Crippen molar-refractivity contribution in [1.82, 2.24) is 4.98 Å². The second-order valence-electron chi connectivity index (χ2n) is 7.30. The Hall–Kier alpha value is -2.18. The summed E-state index contributed by atoms with van der Waals surface area (Å²) in [5, 5.41) is 11.4. The predicted octanol–water partition coefficient (Wildman–Crippen LogP) is 3.43. The van der Waals surface area contributed by atoms with Crippen LogP contribution < -0.4 is 4.90 Å². The van der Waals surface area contributed by atoms with E-state index in [0.717, 1.165) is 32.4 Å². The van der Waals surface area contributed by atoms with Crippen molar-refractivity contribution in [3.05, 3.63) is 27.9 Å². The highest BCUT2D eigenvalue weighted by Crippen LogP contribution is 2.36. The van der Waals surface area contributed by atoms with Crippen molar-refractivity contribution in [2.45, 2.75) is 40.0 Å². The van der Waals surface area contributed by atoms with E-state index in [9.17, 15) is 14.9 Å². The molecule has 132 valence electrons. The van der Waals surface area contributed by atoms with Crippen molar-refractivity contribution in [2.75, 3.05) is 25.1 Å². The Morgan fingerprint density at radius 3 is 2.67 bits per heavy atom. The van der Waals surface area contributed by atoms with Crippen LogP contribution in [0.15, 0.2) is 12.3 Å². The Balaban J connectivity index is 2.28. The van der Waals surface area contributed by atoms with Crippen LogP contribution in [0, 0.1) is 21.4 Å². The van der Waals surface area contributed by atoms with Gasteiger partial charge in [0, 0.05) is 25.4 Å². The Morgan fingerprint density at radius 1 is 1.38 bits per heavy atom. The van der Waals surface area contributed by atoms with Gasteiger partial charge in [0.05, 0.1) is 17.6 Å². The van der Waals surface area contributed by atoms with E-state index >= 15 is 0 Å². The summed E-state index contributed by atoms with van der Waals surface area (Å²) in [6, 6.07) is 1.25. The molecule has 24 heavy (non-hydrogen) atoms. The number of esters is 1. The van der Waals surface area contributed by atoms with Gasteiger partial charge >= 0.3 is 11.7 Å². The molecule has 0 radical (unpaired) electrons. The Kier molecular flexibility index (Phi) is 5.41. The van der Waals surface area contributed by atoms with Crippen molar-refractivity contribution in [3.8, 4) is 0 Å². The van der Waals surface area contributed by atoms with Gasteiger partial charge in [-0.25, -0.2) is 9.78 Å². The number of rotatable bonds is 3. The maximum atomic E-state index is 11.6. The molecule has 0 bridgehead atoms. The predicted molar refractivity (Wildman–Crippen MR) is 91.2 cm³/mol. The molecule has 2 rings (SSSR count). The summed E-state index contributed by atoms with van der Waals surface area (Å²) >= 11 is 0. The fraction of sp³-hybridized carbons (Fsp3) is 0.647. The summed E-state index contributed by atoms with van der Waals surface area (Å²) in [6.45, 7) is 8.17. The largest absolute Gasteiger partial charge is 0.465 e. The van der Waals surface area contributed by atoms with Crippen LogP contribution in [0.5, 0.6) is 0 Å². The number of hydrogen-bond acceptors (Lipinski definition) is 6. The second-order valence-corrected chi connectivity index (χ2v) is 7.30. The van der Waals surface area contributed by atoms with Crippen molar-refractivity contribution < 1.29 is 14.5 Å². The standard InChI is InChI=1S/C17H25N3O4/c1-17(2,3)13-6-5-8-19(9-7-13)15-14(20(22)23)10-12(11-18-15)16(21)24-4/h10-11,13H,5-9H2,1-4H3. The molecule has 2 heterocycles. The van der Waals surface area contributed by atoms with E-state index in [1.807, 2.05) is 4.90 Å². The highest BCUT2D eigenvalue weighted by atomic mass is 16.6. The zero-order valence-corrected chi connectivity index (χ0v) is 14.7. The molecule has 1 aliphatic heterocycles. The van der Waals surface area contributed by atoms with Crippen LogP contribution in [0.3, 0.4) is 0 Å². The normalized spacial score (nSPS) is 18.8. The molecule has 1 aliphatic rings. The van der Waals surface area contributed by atoms with E-state index in [-0.39, 0.29) is 16.7 Å². The summed E-state index contributed by atoms with van der Waals surface area (Å²) in [6.07, 6.45) is 4.40. The third kappa shape index (κ3) is 4.01. The van der Waals surface area contributed by atoms with Gasteiger partial charge in [-0.3, -0.25) is 10.1 Å².